The van der Waals surface area contributed by atoms with Gasteiger partial charge in [0.15, 0.2) is 0 Å². The third kappa shape index (κ3) is 3.88. The Hall–Kier alpha value is -1.20. The van der Waals surface area contributed by atoms with Crippen molar-refractivity contribution in [2.45, 2.75) is 13.5 Å². The molecule has 1 heterocycles. The fraction of sp³-hybridized carbons (Fsp3) is 0.286. The molecule has 0 atom stereocenters. The Kier molecular flexibility index (Phi) is 4.71. The van der Waals surface area contributed by atoms with Gasteiger partial charge in [-0.1, -0.05) is 0 Å². The van der Waals surface area contributed by atoms with Crippen LogP contribution in [0.1, 0.15) is 11.8 Å². The number of thiophene rings is 1. The van der Waals surface area contributed by atoms with E-state index in [1.54, 1.807) is 11.3 Å². The van der Waals surface area contributed by atoms with Crippen LogP contribution in [0, 0.1) is 0 Å². The van der Waals surface area contributed by atoms with Crippen LogP contribution in [0.2, 0.25) is 0 Å². The molecule has 0 fully saturated rings. The van der Waals surface area contributed by atoms with Crippen molar-refractivity contribution in [3.05, 3.63) is 39.0 Å². The molecule has 0 unspecified atom stereocenters. The van der Waals surface area contributed by atoms with Crippen LogP contribution in [0.3, 0.4) is 0 Å². The van der Waals surface area contributed by atoms with Crippen molar-refractivity contribution < 1.29 is 4.74 Å². The second-order valence-electron chi connectivity index (χ2n) is 4.28. The SMILES string of the molecule is CCOc1cc(N)cc(N(C)Cc2cc(Br)cs2)c1. The first-order chi connectivity index (χ1) is 9.08. The standard InChI is InChI=1S/C14H17BrN2OS/c1-3-18-13-6-11(16)5-12(7-13)17(2)8-14-4-10(15)9-19-14/h4-7,9H,3,8,16H2,1-2H3. The lowest BCUT2D eigenvalue weighted by molar-refractivity contribution is 0.340. The van der Waals surface area contributed by atoms with Crippen LogP contribution in [-0.2, 0) is 6.54 Å². The maximum absolute atomic E-state index is 5.91. The van der Waals surface area contributed by atoms with E-state index >= 15 is 0 Å². The summed E-state index contributed by atoms with van der Waals surface area (Å²) in [4.78, 5) is 3.46. The van der Waals surface area contributed by atoms with E-state index in [0.717, 1.165) is 28.1 Å². The Labute approximate surface area is 126 Å². The molecule has 2 N–H and O–H groups in total. The van der Waals surface area contributed by atoms with Gasteiger partial charge in [-0.15, -0.1) is 11.3 Å². The van der Waals surface area contributed by atoms with Crippen molar-refractivity contribution in [3.8, 4) is 5.75 Å². The highest BCUT2D eigenvalue weighted by Gasteiger charge is 2.07. The van der Waals surface area contributed by atoms with Crippen LogP contribution in [0.4, 0.5) is 11.4 Å². The Morgan fingerprint density at radius 1 is 1.32 bits per heavy atom. The molecular weight excluding hydrogens is 324 g/mol. The molecule has 0 spiro atoms. The zero-order valence-corrected chi connectivity index (χ0v) is 13.4. The highest BCUT2D eigenvalue weighted by atomic mass is 79.9. The zero-order valence-electron chi connectivity index (χ0n) is 11.0. The van der Waals surface area contributed by atoms with Gasteiger partial charge in [0.25, 0.3) is 0 Å². The number of rotatable bonds is 5. The molecule has 2 aromatic rings. The summed E-state index contributed by atoms with van der Waals surface area (Å²) in [5, 5.41) is 2.09. The molecule has 0 saturated heterocycles. The van der Waals surface area contributed by atoms with E-state index in [4.69, 9.17) is 10.5 Å². The summed E-state index contributed by atoms with van der Waals surface area (Å²) in [5.74, 6) is 0.816. The molecule has 0 aliphatic rings. The summed E-state index contributed by atoms with van der Waals surface area (Å²) in [6, 6.07) is 7.97. The first kappa shape index (κ1) is 14.2. The number of nitrogen functional groups attached to an aromatic ring is 1. The minimum atomic E-state index is 0.643. The molecule has 0 bridgehead atoms. The molecule has 0 aliphatic carbocycles. The van der Waals surface area contributed by atoms with Crippen LogP contribution in [0.5, 0.6) is 5.75 Å². The minimum absolute atomic E-state index is 0.643. The van der Waals surface area contributed by atoms with Gasteiger partial charge in [-0.25, -0.2) is 0 Å². The van der Waals surface area contributed by atoms with E-state index in [9.17, 15) is 0 Å². The summed E-state index contributed by atoms with van der Waals surface area (Å²) < 4.78 is 6.65. The molecule has 102 valence electrons. The number of benzene rings is 1. The van der Waals surface area contributed by atoms with Gasteiger partial charge in [0.1, 0.15) is 5.75 Å². The smallest absolute Gasteiger partial charge is 0.123 e. The number of hydrogen-bond acceptors (Lipinski definition) is 4. The average molecular weight is 341 g/mol. The summed E-state index contributed by atoms with van der Waals surface area (Å²) in [7, 11) is 2.05. The summed E-state index contributed by atoms with van der Waals surface area (Å²) in [6.07, 6.45) is 0. The lowest BCUT2D eigenvalue weighted by Crippen LogP contribution is -2.15. The van der Waals surface area contributed by atoms with Crippen molar-refractivity contribution in [1.82, 2.24) is 0 Å². The zero-order chi connectivity index (χ0) is 13.8. The van der Waals surface area contributed by atoms with Gasteiger partial charge in [-0.2, -0.15) is 0 Å². The molecular formula is C14H17BrN2OS. The highest BCUT2D eigenvalue weighted by Crippen LogP contribution is 2.27. The average Bonchev–Trinajstić information content (AvgIpc) is 2.74. The Balaban J connectivity index is 2.15. The van der Waals surface area contributed by atoms with Crippen LogP contribution < -0.4 is 15.4 Å². The van der Waals surface area contributed by atoms with Crippen LogP contribution in [0.25, 0.3) is 0 Å². The van der Waals surface area contributed by atoms with Gasteiger partial charge in [0.05, 0.1) is 13.2 Å². The van der Waals surface area contributed by atoms with Gasteiger partial charge in [-0.3, -0.25) is 0 Å². The number of hydrogen-bond donors (Lipinski definition) is 1. The van der Waals surface area contributed by atoms with Crippen LogP contribution in [0.15, 0.2) is 34.1 Å². The Bertz CT molecular complexity index is 556. The van der Waals surface area contributed by atoms with Crippen LogP contribution in [-0.4, -0.2) is 13.7 Å². The van der Waals surface area contributed by atoms with Gasteiger partial charge in [0, 0.05) is 45.3 Å². The molecule has 0 saturated carbocycles. The van der Waals surface area contributed by atoms with E-state index in [-0.39, 0.29) is 0 Å². The maximum atomic E-state index is 5.91. The summed E-state index contributed by atoms with van der Waals surface area (Å²) >= 11 is 5.21. The molecule has 3 nitrogen and oxygen atoms in total. The second kappa shape index (κ2) is 6.30. The van der Waals surface area contributed by atoms with Gasteiger partial charge in [0.2, 0.25) is 0 Å². The first-order valence-corrected chi connectivity index (χ1v) is 7.73. The summed E-state index contributed by atoms with van der Waals surface area (Å²) in [6.45, 7) is 3.46. The predicted molar refractivity (Wildman–Crippen MR) is 86.1 cm³/mol. The molecule has 0 aliphatic heterocycles. The molecule has 5 heteroatoms. The molecule has 0 radical (unpaired) electrons. The van der Waals surface area contributed by atoms with E-state index in [2.05, 4.69) is 39.3 Å². The van der Waals surface area contributed by atoms with E-state index < -0.39 is 0 Å². The third-order valence-electron chi connectivity index (χ3n) is 2.68. The normalized spacial score (nSPS) is 10.5. The van der Waals surface area contributed by atoms with E-state index in [1.807, 2.05) is 25.1 Å². The topological polar surface area (TPSA) is 38.5 Å². The summed E-state index contributed by atoms with van der Waals surface area (Å²) in [5.41, 5.74) is 7.70. The fourth-order valence-corrected chi connectivity index (χ4v) is 3.34. The quantitative estimate of drug-likeness (QED) is 0.831. The molecule has 1 aromatic heterocycles. The minimum Gasteiger partial charge on any atom is -0.494 e. The number of nitrogens with zero attached hydrogens (tertiary/aromatic N) is 1. The second-order valence-corrected chi connectivity index (χ2v) is 6.19. The van der Waals surface area contributed by atoms with Gasteiger partial charge < -0.3 is 15.4 Å². The van der Waals surface area contributed by atoms with Crippen molar-refractivity contribution in [2.75, 3.05) is 24.3 Å². The van der Waals surface area contributed by atoms with Crippen molar-refractivity contribution >= 4 is 38.6 Å². The Morgan fingerprint density at radius 3 is 2.74 bits per heavy atom. The first-order valence-electron chi connectivity index (χ1n) is 6.06. The number of halogens is 1. The third-order valence-corrected chi connectivity index (χ3v) is 4.36. The Morgan fingerprint density at radius 2 is 2.11 bits per heavy atom. The maximum Gasteiger partial charge on any atom is 0.123 e. The number of ether oxygens (including phenoxy) is 1. The molecule has 1 aromatic carbocycles. The molecule has 0 amide bonds. The van der Waals surface area contributed by atoms with Gasteiger partial charge in [-0.05, 0) is 35.0 Å². The van der Waals surface area contributed by atoms with Crippen LogP contribution >= 0.6 is 27.3 Å². The van der Waals surface area contributed by atoms with Crippen molar-refractivity contribution in [3.63, 3.8) is 0 Å². The lowest BCUT2D eigenvalue weighted by atomic mass is 10.2. The monoisotopic (exact) mass is 340 g/mol. The van der Waals surface area contributed by atoms with E-state index in [0.29, 0.717) is 6.61 Å². The van der Waals surface area contributed by atoms with Crippen molar-refractivity contribution in [1.29, 1.82) is 0 Å². The largest absolute Gasteiger partial charge is 0.494 e. The number of anilines is 2. The lowest BCUT2D eigenvalue weighted by Gasteiger charge is -2.20. The van der Waals surface area contributed by atoms with Crippen molar-refractivity contribution in [2.24, 2.45) is 0 Å². The van der Waals surface area contributed by atoms with Gasteiger partial charge >= 0.3 is 0 Å². The highest BCUT2D eigenvalue weighted by molar-refractivity contribution is 9.10. The van der Waals surface area contributed by atoms with E-state index in [1.165, 1.54) is 4.88 Å². The number of nitrogens with two attached hydrogens (primary N) is 1. The predicted octanol–water partition coefficient (Wildman–Crippen LogP) is 4.13. The molecule has 19 heavy (non-hydrogen) atoms. The fourth-order valence-electron chi connectivity index (χ4n) is 1.84. The molecule has 2 rings (SSSR count).